The van der Waals surface area contributed by atoms with Crippen LogP contribution in [0.3, 0.4) is 0 Å². The highest BCUT2D eigenvalue weighted by Crippen LogP contribution is 2.22. The number of hydrogen-bond donors (Lipinski definition) is 0. The van der Waals surface area contributed by atoms with Crippen molar-refractivity contribution in [3.8, 4) is 11.4 Å². The number of nitrogens with zero attached hydrogens (tertiary/aromatic N) is 4. The summed E-state index contributed by atoms with van der Waals surface area (Å²) in [7, 11) is 1.92. The first-order valence-electron chi connectivity index (χ1n) is 5.28. The van der Waals surface area contributed by atoms with Crippen molar-refractivity contribution in [2.45, 2.75) is 6.92 Å². The third-order valence-corrected chi connectivity index (χ3v) is 3.22. The van der Waals surface area contributed by atoms with Crippen LogP contribution in [0.15, 0.2) is 35.2 Å². The van der Waals surface area contributed by atoms with Crippen molar-refractivity contribution in [3.05, 3.63) is 40.8 Å². The van der Waals surface area contributed by atoms with Gasteiger partial charge >= 0.3 is 0 Å². The first-order valence-corrected chi connectivity index (χ1v) is 6.07. The Kier molecular flexibility index (Phi) is 2.29. The highest BCUT2D eigenvalue weighted by molar-refractivity contribution is 9.10. The van der Waals surface area contributed by atoms with Gasteiger partial charge in [0.05, 0.1) is 5.69 Å². The predicted molar refractivity (Wildman–Crippen MR) is 69.8 cm³/mol. The van der Waals surface area contributed by atoms with Crippen molar-refractivity contribution in [2.24, 2.45) is 7.05 Å². The lowest BCUT2D eigenvalue weighted by atomic mass is 10.3. The number of pyridine rings is 1. The van der Waals surface area contributed by atoms with Gasteiger partial charge < -0.3 is 4.40 Å². The second kappa shape index (κ2) is 3.70. The Morgan fingerprint density at radius 1 is 1.29 bits per heavy atom. The van der Waals surface area contributed by atoms with Gasteiger partial charge in [-0.15, -0.1) is 0 Å². The molecule has 0 unspecified atom stereocenters. The van der Waals surface area contributed by atoms with Crippen LogP contribution in [-0.4, -0.2) is 19.2 Å². The lowest BCUT2D eigenvalue weighted by Gasteiger charge is -1.97. The Morgan fingerprint density at radius 3 is 2.82 bits per heavy atom. The van der Waals surface area contributed by atoms with E-state index in [1.165, 1.54) is 0 Å². The van der Waals surface area contributed by atoms with Crippen LogP contribution in [0.25, 0.3) is 17.0 Å². The van der Waals surface area contributed by atoms with Crippen LogP contribution in [0.5, 0.6) is 0 Å². The number of fused-ring (bicyclic) bond motifs is 1. The highest BCUT2D eigenvalue weighted by Gasteiger charge is 2.09. The molecule has 0 aliphatic carbocycles. The molecule has 0 saturated carbocycles. The second-order valence-corrected chi connectivity index (χ2v) is 4.95. The SMILES string of the molecule is Cc1cc(Br)cn2cc(-c3ccnn3C)nc12. The van der Waals surface area contributed by atoms with E-state index in [0.29, 0.717) is 0 Å². The van der Waals surface area contributed by atoms with Gasteiger partial charge in [0.15, 0.2) is 0 Å². The smallest absolute Gasteiger partial charge is 0.140 e. The summed E-state index contributed by atoms with van der Waals surface area (Å²) in [4.78, 5) is 4.64. The second-order valence-electron chi connectivity index (χ2n) is 4.04. The summed E-state index contributed by atoms with van der Waals surface area (Å²) in [6.45, 7) is 2.06. The van der Waals surface area contributed by atoms with Crippen LogP contribution < -0.4 is 0 Å². The molecular formula is C12H11BrN4. The molecule has 0 fully saturated rings. The van der Waals surface area contributed by atoms with Crippen LogP contribution >= 0.6 is 15.9 Å². The maximum atomic E-state index is 4.64. The third kappa shape index (κ3) is 1.67. The van der Waals surface area contributed by atoms with Crippen molar-refractivity contribution < 1.29 is 0 Å². The molecule has 5 heteroatoms. The average Bonchev–Trinajstić information content (AvgIpc) is 2.83. The summed E-state index contributed by atoms with van der Waals surface area (Å²) >= 11 is 3.49. The predicted octanol–water partition coefficient (Wildman–Crippen LogP) is 2.81. The van der Waals surface area contributed by atoms with Crippen molar-refractivity contribution in [2.75, 3.05) is 0 Å². The molecular weight excluding hydrogens is 280 g/mol. The molecule has 4 nitrogen and oxygen atoms in total. The Bertz CT molecular complexity index is 696. The fraction of sp³-hybridized carbons (Fsp3) is 0.167. The van der Waals surface area contributed by atoms with Gasteiger partial charge in [-0.05, 0) is 40.5 Å². The minimum Gasteiger partial charge on any atom is -0.305 e. The molecule has 0 aliphatic rings. The van der Waals surface area contributed by atoms with Crippen LogP contribution in [0, 0.1) is 6.92 Å². The lowest BCUT2D eigenvalue weighted by Crippen LogP contribution is -1.92. The zero-order chi connectivity index (χ0) is 12.0. The Balaban J connectivity index is 2.27. The monoisotopic (exact) mass is 290 g/mol. The van der Waals surface area contributed by atoms with Crippen LogP contribution in [0.2, 0.25) is 0 Å². The molecule has 0 amide bonds. The van der Waals surface area contributed by atoms with E-state index in [9.17, 15) is 0 Å². The molecule has 86 valence electrons. The summed E-state index contributed by atoms with van der Waals surface area (Å²) in [6, 6.07) is 4.03. The van der Waals surface area contributed by atoms with Crippen LogP contribution in [-0.2, 0) is 7.05 Å². The normalized spacial score (nSPS) is 11.2. The average molecular weight is 291 g/mol. The van der Waals surface area contributed by atoms with Gasteiger partial charge in [0.2, 0.25) is 0 Å². The molecule has 0 atom stereocenters. The number of hydrogen-bond acceptors (Lipinski definition) is 2. The molecule has 0 N–H and O–H groups in total. The van der Waals surface area contributed by atoms with Gasteiger partial charge in [-0.3, -0.25) is 4.68 Å². The number of rotatable bonds is 1. The van der Waals surface area contributed by atoms with E-state index in [1.54, 1.807) is 6.20 Å². The molecule has 0 saturated heterocycles. The number of imidazole rings is 1. The summed E-state index contributed by atoms with van der Waals surface area (Å²) in [6.07, 6.45) is 5.81. The van der Waals surface area contributed by atoms with Gasteiger partial charge in [-0.25, -0.2) is 4.98 Å². The zero-order valence-corrected chi connectivity index (χ0v) is 11.1. The maximum absolute atomic E-state index is 4.64. The van der Waals surface area contributed by atoms with Gasteiger partial charge in [0.1, 0.15) is 11.3 Å². The van der Waals surface area contributed by atoms with Crippen molar-refractivity contribution in [1.29, 1.82) is 0 Å². The molecule has 3 aromatic rings. The molecule has 3 aromatic heterocycles. The van der Waals surface area contributed by atoms with Gasteiger partial charge in [-0.1, -0.05) is 0 Å². The highest BCUT2D eigenvalue weighted by atomic mass is 79.9. The number of aryl methyl sites for hydroxylation is 2. The summed E-state index contributed by atoms with van der Waals surface area (Å²) < 4.78 is 4.91. The fourth-order valence-electron chi connectivity index (χ4n) is 1.97. The third-order valence-electron chi connectivity index (χ3n) is 2.79. The number of halogens is 1. The molecule has 0 bridgehead atoms. The molecule has 3 rings (SSSR count). The van der Waals surface area contributed by atoms with Crippen molar-refractivity contribution in [1.82, 2.24) is 19.2 Å². The largest absolute Gasteiger partial charge is 0.305 e. The lowest BCUT2D eigenvalue weighted by molar-refractivity contribution is 0.774. The van der Waals surface area contributed by atoms with E-state index in [4.69, 9.17) is 0 Å². The van der Waals surface area contributed by atoms with Gasteiger partial charge in [-0.2, -0.15) is 5.10 Å². The van der Waals surface area contributed by atoms with Crippen molar-refractivity contribution >= 4 is 21.6 Å². The van der Waals surface area contributed by atoms with E-state index in [2.05, 4.69) is 39.0 Å². The van der Waals surface area contributed by atoms with Gasteiger partial charge in [0.25, 0.3) is 0 Å². The summed E-state index contributed by atoms with van der Waals surface area (Å²) in [5, 5.41) is 4.16. The van der Waals surface area contributed by atoms with Crippen LogP contribution in [0.4, 0.5) is 0 Å². The molecule has 0 aliphatic heterocycles. The first-order chi connectivity index (χ1) is 8.15. The number of aromatic nitrogens is 4. The van der Waals surface area contributed by atoms with E-state index < -0.39 is 0 Å². The summed E-state index contributed by atoms with van der Waals surface area (Å²) in [5.74, 6) is 0. The molecule has 0 radical (unpaired) electrons. The van der Waals surface area contributed by atoms with E-state index >= 15 is 0 Å². The topological polar surface area (TPSA) is 35.1 Å². The Hall–Kier alpha value is -1.62. The minimum absolute atomic E-state index is 0.936. The van der Waals surface area contributed by atoms with E-state index in [-0.39, 0.29) is 0 Å². The molecule has 3 heterocycles. The standard InChI is InChI=1S/C12H11BrN4/c1-8-5-9(13)6-17-7-10(15-12(8)17)11-3-4-14-16(11)2/h3-7H,1-2H3. The van der Waals surface area contributed by atoms with E-state index in [1.807, 2.05) is 34.6 Å². The molecule has 17 heavy (non-hydrogen) atoms. The fourth-order valence-corrected chi connectivity index (χ4v) is 2.54. The first kappa shape index (κ1) is 10.5. The Morgan fingerprint density at radius 2 is 2.12 bits per heavy atom. The van der Waals surface area contributed by atoms with Crippen LogP contribution in [0.1, 0.15) is 5.56 Å². The quantitative estimate of drug-likeness (QED) is 0.691. The van der Waals surface area contributed by atoms with E-state index in [0.717, 1.165) is 27.1 Å². The Labute approximate surface area is 107 Å². The summed E-state index contributed by atoms with van der Waals surface area (Å²) in [5.41, 5.74) is 4.08. The minimum atomic E-state index is 0.936. The van der Waals surface area contributed by atoms with Gasteiger partial charge in [0, 0.05) is 30.1 Å². The zero-order valence-electron chi connectivity index (χ0n) is 9.55. The molecule has 0 spiro atoms. The molecule has 0 aromatic carbocycles. The van der Waals surface area contributed by atoms with Crippen molar-refractivity contribution in [3.63, 3.8) is 0 Å². The maximum Gasteiger partial charge on any atom is 0.140 e.